The van der Waals surface area contributed by atoms with Crippen molar-refractivity contribution in [3.8, 4) is 6.07 Å². The van der Waals surface area contributed by atoms with Crippen LogP contribution >= 0.6 is 0 Å². The molecule has 3 heterocycles. The number of aromatic amines is 1. The molecule has 1 atom stereocenters. The maximum Gasteiger partial charge on any atom is 0.290 e. The first-order valence-electron chi connectivity index (χ1n) is 8.91. The quantitative estimate of drug-likeness (QED) is 0.921. The fourth-order valence-electron chi connectivity index (χ4n) is 3.61. The number of nitriles is 1. The van der Waals surface area contributed by atoms with E-state index in [1.165, 1.54) is 0 Å². The first kappa shape index (κ1) is 17.2. The molecular formula is C19H28N3O2+. The first-order chi connectivity index (χ1) is 11.4. The second kappa shape index (κ2) is 6.70. The fraction of sp³-hybridized carbons (Fsp3) is 0.684. The summed E-state index contributed by atoms with van der Waals surface area (Å²) < 4.78 is 11.7. The van der Waals surface area contributed by atoms with E-state index in [1.54, 1.807) is 0 Å². The lowest BCUT2D eigenvalue weighted by Crippen LogP contribution is -2.36. The van der Waals surface area contributed by atoms with Gasteiger partial charge >= 0.3 is 0 Å². The number of fused-ring (bicyclic) bond motifs is 1. The van der Waals surface area contributed by atoms with Gasteiger partial charge in [0.05, 0.1) is 18.3 Å². The maximum absolute atomic E-state index is 9.78. The highest BCUT2D eigenvalue weighted by Gasteiger charge is 2.34. The molecule has 5 nitrogen and oxygen atoms in total. The fourth-order valence-corrected chi connectivity index (χ4v) is 3.61. The number of ether oxygens (including phenoxy) is 2. The van der Waals surface area contributed by atoms with Gasteiger partial charge in [-0.3, -0.25) is 5.32 Å². The number of pyridine rings is 1. The molecule has 24 heavy (non-hydrogen) atoms. The molecule has 0 radical (unpaired) electrons. The van der Waals surface area contributed by atoms with E-state index < -0.39 is 0 Å². The van der Waals surface area contributed by atoms with Gasteiger partial charge in [0.1, 0.15) is 23.9 Å². The molecule has 0 amide bonds. The van der Waals surface area contributed by atoms with Crippen LogP contribution in [-0.2, 0) is 22.5 Å². The van der Waals surface area contributed by atoms with E-state index in [0.717, 1.165) is 60.6 Å². The predicted octanol–water partition coefficient (Wildman–Crippen LogP) is 2.94. The summed E-state index contributed by atoms with van der Waals surface area (Å²) in [4.78, 5) is 3.47. The van der Waals surface area contributed by atoms with Crippen LogP contribution < -0.4 is 10.3 Å². The SMILES string of the molecule is CC(C)c1[nH+]c(NC[C@@H]2CCCO2)c(C#N)c2c1COC(C)(C)C2. The van der Waals surface area contributed by atoms with Crippen molar-refractivity contribution < 1.29 is 14.5 Å². The van der Waals surface area contributed by atoms with E-state index in [-0.39, 0.29) is 11.7 Å². The molecule has 0 aromatic carbocycles. The Balaban J connectivity index is 1.98. The average molecular weight is 330 g/mol. The van der Waals surface area contributed by atoms with Crippen LogP contribution in [0, 0.1) is 11.3 Å². The van der Waals surface area contributed by atoms with Gasteiger partial charge in [-0.2, -0.15) is 5.26 Å². The minimum Gasteiger partial charge on any atom is -0.374 e. The summed E-state index contributed by atoms with van der Waals surface area (Å²) in [6, 6.07) is 2.41. The Labute approximate surface area is 144 Å². The molecule has 2 N–H and O–H groups in total. The van der Waals surface area contributed by atoms with Crippen molar-refractivity contribution >= 4 is 5.82 Å². The van der Waals surface area contributed by atoms with Crippen LogP contribution in [0.4, 0.5) is 5.82 Å². The van der Waals surface area contributed by atoms with Gasteiger partial charge < -0.3 is 9.47 Å². The number of nitrogens with zero attached hydrogens (tertiary/aromatic N) is 1. The number of H-pyrrole nitrogens is 1. The third kappa shape index (κ3) is 3.40. The Kier molecular flexibility index (Phi) is 4.80. The van der Waals surface area contributed by atoms with Gasteiger partial charge in [-0.25, -0.2) is 4.98 Å². The van der Waals surface area contributed by atoms with E-state index in [0.29, 0.717) is 12.5 Å². The standard InChI is InChI=1S/C19H27N3O2/c1-12(2)17-16-11-24-19(3,4)8-14(16)15(9-20)18(22-17)21-10-13-6-5-7-23-13/h12-13H,5-8,10-11H2,1-4H3,(H,21,22)/p+1/t13-/m0/s1. The van der Waals surface area contributed by atoms with E-state index in [1.807, 2.05) is 0 Å². The molecule has 0 unspecified atom stereocenters. The summed E-state index contributed by atoms with van der Waals surface area (Å²) in [6.45, 7) is 10.6. The van der Waals surface area contributed by atoms with Gasteiger partial charge in [0.2, 0.25) is 0 Å². The second-order valence-electron chi connectivity index (χ2n) is 7.75. The largest absolute Gasteiger partial charge is 0.374 e. The third-order valence-electron chi connectivity index (χ3n) is 4.93. The topological polar surface area (TPSA) is 68.4 Å². The molecule has 1 aromatic rings. The highest BCUT2D eigenvalue weighted by Crippen LogP contribution is 2.34. The summed E-state index contributed by atoms with van der Waals surface area (Å²) >= 11 is 0. The summed E-state index contributed by atoms with van der Waals surface area (Å²) in [5.41, 5.74) is 3.94. The van der Waals surface area contributed by atoms with Crippen LogP contribution in [0.2, 0.25) is 0 Å². The van der Waals surface area contributed by atoms with Crippen LogP contribution in [0.15, 0.2) is 0 Å². The Morgan fingerprint density at radius 2 is 2.17 bits per heavy atom. The molecular weight excluding hydrogens is 302 g/mol. The average Bonchev–Trinajstić information content (AvgIpc) is 3.04. The van der Waals surface area contributed by atoms with Gasteiger partial charge in [-0.05, 0) is 32.3 Å². The third-order valence-corrected chi connectivity index (χ3v) is 4.93. The molecule has 1 fully saturated rings. The summed E-state index contributed by atoms with van der Waals surface area (Å²) in [5, 5.41) is 13.2. The van der Waals surface area contributed by atoms with E-state index >= 15 is 0 Å². The summed E-state index contributed by atoms with van der Waals surface area (Å²) in [7, 11) is 0. The van der Waals surface area contributed by atoms with Gasteiger partial charge in [0.15, 0.2) is 0 Å². The van der Waals surface area contributed by atoms with E-state index in [9.17, 15) is 5.26 Å². The van der Waals surface area contributed by atoms with Crippen LogP contribution in [0.25, 0.3) is 0 Å². The van der Waals surface area contributed by atoms with Crippen molar-refractivity contribution in [3.63, 3.8) is 0 Å². The molecule has 130 valence electrons. The zero-order valence-electron chi connectivity index (χ0n) is 15.2. The molecule has 0 spiro atoms. The molecule has 2 aliphatic rings. The smallest absolute Gasteiger partial charge is 0.290 e. The highest BCUT2D eigenvalue weighted by atomic mass is 16.5. The molecule has 0 saturated carbocycles. The molecule has 1 aromatic heterocycles. The second-order valence-corrected chi connectivity index (χ2v) is 7.75. The lowest BCUT2D eigenvalue weighted by atomic mass is 9.86. The van der Waals surface area contributed by atoms with E-state index in [2.05, 4.69) is 44.1 Å². The Morgan fingerprint density at radius 1 is 1.38 bits per heavy atom. The van der Waals surface area contributed by atoms with Crippen molar-refractivity contribution in [3.05, 3.63) is 22.4 Å². The highest BCUT2D eigenvalue weighted by molar-refractivity contribution is 5.57. The lowest BCUT2D eigenvalue weighted by Gasteiger charge is -2.33. The minimum absolute atomic E-state index is 0.236. The molecule has 3 rings (SSSR count). The molecule has 0 aliphatic carbocycles. The van der Waals surface area contributed by atoms with Gasteiger partial charge in [-0.15, -0.1) is 0 Å². The summed E-state index contributed by atoms with van der Waals surface area (Å²) in [5.74, 6) is 1.17. The van der Waals surface area contributed by atoms with Crippen LogP contribution in [0.5, 0.6) is 0 Å². The van der Waals surface area contributed by atoms with Crippen LogP contribution in [-0.4, -0.2) is 24.9 Å². The van der Waals surface area contributed by atoms with Gasteiger partial charge in [0, 0.05) is 24.5 Å². The van der Waals surface area contributed by atoms with Crippen molar-refractivity contribution in [2.75, 3.05) is 18.5 Å². The Bertz CT molecular complexity index is 656. The molecule has 1 saturated heterocycles. The van der Waals surface area contributed by atoms with Crippen molar-refractivity contribution in [1.82, 2.24) is 0 Å². The number of aromatic nitrogens is 1. The van der Waals surface area contributed by atoms with E-state index in [4.69, 9.17) is 9.47 Å². The summed E-state index contributed by atoms with van der Waals surface area (Å²) in [6.07, 6.45) is 3.20. The maximum atomic E-state index is 9.78. The predicted molar refractivity (Wildman–Crippen MR) is 91.8 cm³/mol. The van der Waals surface area contributed by atoms with Crippen LogP contribution in [0.3, 0.4) is 0 Å². The first-order valence-corrected chi connectivity index (χ1v) is 8.91. The van der Waals surface area contributed by atoms with Crippen molar-refractivity contribution in [2.24, 2.45) is 0 Å². The molecule has 2 aliphatic heterocycles. The molecule has 0 bridgehead atoms. The van der Waals surface area contributed by atoms with Crippen LogP contribution in [0.1, 0.15) is 68.8 Å². The normalized spacial score (nSPS) is 22.2. The van der Waals surface area contributed by atoms with Crippen molar-refractivity contribution in [2.45, 2.75) is 71.2 Å². The number of hydrogen-bond donors (Lipinski definition) is 1. The van der Waals surface area contributed by atoms with Crippen molar-refractivity contribution in [1.29, 1.82) is 5.26 Å². The zero-order chi connectivity index (χ0) is 17.3. The Morgan fingerprint density at radius 3 is 2.79 bits per heavy atom. The lowest BCUT2D eigenvalue weighted by molar-refractivity contribution is -0.378. The number of rotatable bonds is 4. The van der Waals surface area contributed by atoms with Gasteiger partial charge in [0.25, 0.3) is 5.82 Å². The Hall–Kier alpha value is -1.64. The van der Waals surface area contributed by atoms with Gasteiger partial charge in [-0.1, -0.05) is 13.8 Å². The number of anilines is 1. The number of nitrogens with one attached hydrogen (secondary N) is 2. The number of hydrogen-bond acceptors (Lipinski definition) is 4. The zero-order valence-corrected chi connectivity index (χ0v) is 15.2. The monoisotopic (exact) mass is 330 g/mol. The minimum atomic E-state index is -0.236. The molecule has 5 heteroatoms.